The van der Waals surface area contributed by atoms with E-state index in [1.165, 1.54) is 24.8 Å². The molecule has 0 aliphatic carbocycles. The molecular formula is C17H18BrN3. The molecule has 0 radical (unpaired) electrons. The predicted molar refractivity (Wildman–Crippen MR) is 87.1 cm³/mol. The summed E-state index contributed by atoms with van der Waals surface area (Å²) < 4.78 is 0.866. The second kappa shape index (κ2) is 5.18. The molecule has 108 valence electrons. The third-order valence-electron chi connectivity index (χ3n) is 5.13. The number of fused-ring (bicyclic) bond motifs is 2. The lowest BCUT2D eigenvalue weighted by Gasteiger charge is -2.22. The summed E-state index contributed by atoms with van der Waals surface area (Å²) in [5.74, 6) is 0.643. The van der Waals surface area contributed by atoms with E-state index in [-0.39, 0.29) is 0 Å². The summed E-state index contributed by atoms with van der Waals surface area (Å²) in [4.78, 5) is 11.4. The van der Waals surface area contributed by atoms with Gasteiger partial charge in [-0.05, 0) is 59.9 Å². The van der Waals surface area contributed by atoms with Crippen LogP contribution in [0.1, 0.15) is 30.7 Å². The summed E-state index contributed by atoms with van der Waals surface area (Å²) in [6, 6.07) is 7.85. The molecule has 0 amide bonds. The summed E-state index contributed by atoms with van der Waals surface area (Å²) in [6.45, 7) is 0. The van der Waals surface area contributed by atoms with Crippen molar-refractivity contribution in [3.8, 4) is 11.1 Å². The monoisotopic (exact) mass is 343 g/mol. The fourth-order valence-corrected chi connectivity index (χ4v) is 4.22. The Morgan fingerprint density at radius 1 is 1.14 bits per heavy atom. The van der Waals surface area contributed by atoms with Crippen LogP contribution in [0.2, 0.25) is 0 Å². The number of hydrogen-bond acceptors (Lipinski definition) is 3. The maximum Gasteiger partial charge on any atom is 0.106 e. The number of likely N-dealkylation sites (N-methyl/N-ethyl adjacent to an activating group) is 1. The van der Waals surface area contributed by atoms with Crippen LogP contribution in [0.15, 0.2) is 41.4 Å². The van der Waals surface area contributed by atoms with Crippen LogP contribution in [0.4, 0.5) is 0 Å². The van der Waals surface area contributed by atoms with Gasteiger partial charge in [0.25, 0.3) is 0 Å². The Bertz CT molecular complexity index is 655. The van der Waals surface area contributed by atoms with Gasteiger partial charge in [-0.25, -0.2) is 4.98 Å². The molecule has 2 aromatic heterocycles. The summed E-state index contributed by atoms with van der Waals surface area (Å²) in [5, 5.41) is 0. The normalized spacial score (nSPS) is 28.2. The third-order valence-corrected chi connectivity index (χ3v) is 5.60. The van der Waals surface area contributed by atoms with E-state index in [9.17, 15) is 0 Å². The SMILES string of the molecule is CN1[C@H]2CC[C@@H]1[C@@H](c1cncc(-c3ccc(Br)nc3)c1)C2. The largest absolute Gasteiger partial charge is 0.300 e. The van der Waals surface area contributed by atoms with Crippen molar-refractivity contribution >= 4 is 15.9 Å². The molecule has 2 aliphatic heterocycles. The molecule has 4 heterocycles. The van der Waals surface area contributed by atoms with E-state index in [1.54, 1.807) is 0 Å². The minimum atomic E-state index is 0.643. The van der Waals surface area contributed by atoms with Gasteiger partial charge in [0.1, 0.15) is 4.60 Å². The van der Waals surface area contributed by atoms with Gasteiger partial charge in [-0.1, -0.05) is 6.07 Å². The molecule has 21 heavy (non-hydrogen) atoms. The summed E-state index contributed by atoms with van der Waals surface area (Å²) >= 11 is 3.38. The molecule has 0 N–H and O–H groups in total. The smallest absolute Gasteiger partial charge is 0.106 e. The quantitative estimate of drug-likeness (QED) is 0.775. The summed E-state index contributed by atoms with van der Waals surface area (Å²) in [6.07, 6.45) is 9.86. The van der Waals surface area contributed by atoms with Gasteiger partial charge in [-0.15, -0.1) is 0 Å². The maximum absolute atomic E-state index is 4.48. The number of hydrogen-bond donors (Lipinski definition) is 0. The van der Waals surface area contributed by atoms with E-state index in [2.05, 4.69) is 56.2 Å². The Hall–Kier alpha value is -1.26. The lowest BCUT2D eigenvalue weighted by molar-refractivity contribution is 0.307. The summed E-state index contributed by atoms with van der Waals surface area (Å²) in [5.41, 5.74) is 3.68. The van der Waals surface area contributed by atoms with Gasteiger partial charge >= 0.3 is 0 Å². The van der Waals surface area contributed by atoms with E-state index in [0.29, 0.717) is 12.0 Å². The van der Waals surface area contributed by atoms with Crippen LogP contribution >= 0.6 is 15.9 Å². The van der Waals surface area contributed by atoms with Gasteiger partial charge in [0.15, 0.2) is 0 Å². The first-order valence-corrected chi connectivity index (χ1v) is 8.30. The minimum absolute atomic E-state index is 0.643. The van der Waals surface area contributed by atoms with E-state index in [1.807, 2.05) is 18.5 Å². The van der Waals surface area contributed by atoms with E-state index in [4.69, 9.17) is 0 Å². The standard InChI is InChI=1S/C17H18BrN3/c1-21-14-3-4-16(21)15(7-14)13-6-12(8-19-9-13)11-2-5-17(18)20-10-11/h2,5-6,8-10,14-16H,3-4,7H2,1H3/t14-,15+,16+/m0/s1. The van der Waals surface area contributed by atoms with Crippen molar-refractivity contribution in [3.63, 3.8) is 0 Å². The van der Waals surface area contributed by atoms with Crippen LogP contribution in [0.25, 0.3) is 11.1 Å². The number of rotatable bonds is 2. The van der Waals surface area contributed by atoms with Crippen molar-refractivity contribution in [2.24, 2.45) is 0 Å². The summed E-state index contributed by atoms with van der Waals surface area (Å²) in [7, 11) is 2.28. The highest BCUT2D eigenvalue weighted by Crippen LogP contribution is 2.45. The van der Waals surface area contributed by atoms with E-state index >= 15 is 0 Å². The highest BCUT2D eigenvalue weighted by molar-refractivity contribution is 9.10. The van der Waals surface area contributed by atoms with Crippen LogP contribution in [0, 0.1) is 0 Å². The van der Waals surface area contributed by atoms with Crippen molar-refractivity contribution in [1.29, 1.82) is 0 Å². The predicted octanol–water partition coefficient (Wildman–Crippen LogP) is 3.86. The van der Waals surface area contributed by atoms with Gasteiger partial charge in [-0.3, -0.25) is 9.88 Å². The zero-order valence-electron chi connectivity index (χ0n) is 12.0. The Morgan fingerprint density at radius 3 is 2.71 bits per heavy atom. The average molecular weight is 344 g/mol. The molecule has 2 saturated heterocycles. The molecule has 3 nitrogen and oxygen atoms in total. The Kier molecular flexibility index (Phi) is 3.31. The molecule has 4 heteroatoms. The molecule has 4 rings (SSSR count). The first-order valence-electron chi connectivity index (χ1n) is 7.51. The molecule has 0 saturated carbocycles. The van der Waals surface area contributed by atoms with E-state index in [0.717, 1.165) is 21.8 Å². The lowest BCUT2D eigenvalue weighted by atomic mass is 9.84. The molecule has 2 bridgehead atoms. The van der Waals surface area contributed by atoms with Crippen LogP contribution < -0.4 is 0 Å². The van der Waals surface area contributed by atoms with Gasteiger partial charge in [0.2, 0.25) is 0 Å². The topological polar surface area (TPSA) is 29.0 Å². The number of aromatic nitrogens is 2. The molecule has 0 unspecified atom stereocenters. The third kappa shape index (κ3) is 2.30. The number of halogens is 1. The Labute approximate surface area is 133 Å². The molecule has 3 atom stereocenters. The Balaban J connectivity index is 1.66. The molecule has 0 spiro atoms. The van der Waals surface area contributed by atoms with Crippen molar-refractivity contribution in [2.45, 2.75) is 37.3 Å². The first-order chi connectivity index (χ1) is 10.2. The van der Waals surface area contributed by atoms with Gasteiger partial charge in [-0.2, -0.15) is 0 Å². The first kappa shape index (κ1) is 13.4. The Morgan fingerprint density at radius 2 is 2.05 bits per heavy atom. The fourth-order valence-electron chi connectivity index (χ4n) is 3.98. The zero-order chi connectivity index (χ0) is 14.4. The molecule has 2 aromatic rings. The second-order valence-corrected chi connectivity index (χ2v) is 7.00. The van der Waals surface area contributed by atoms with Crippen LogP contribution in [0.5, 0.6) is 0 Å². The second-order valence-electron chi connectivity index (χ2n) is 6.18. The number of pyridine rings is 2. The van der Waals surface area contributed by atoms with Crippen LogP contribution in [-0.2, 0) is 0 Å². The lowest BCUT2D eigenvalue weighted by Crippen LogP contribution is -2.25. The molecule has 2 fully saturated rings. The average Bonchev–Trinajstić information content (AvgIpc) is 3.03. The minimum Gasteiger partial charge on any atom is -0.300 e. The van der Waals surface area contributed by atoms with Gasteiger partial charge < -0.3 is 0 Å². The zero-order valence-corrected chi connectivity index (χ0v) is 13.6. The maximum atomic E-state index is 4.48. The van der Waals surface area contributed by atoms with Crippen molar-refractivity contribution in [1.82, 2.24) is 14.9 Å². The number of nitrogens with zero attached hydrogens (tertiary/aromatic N) is 3. The highest BCUT2D eigenvalue weighted by atomic mass is 79.9. The molecular weight excluding hydrogens is 326 g/mol. The van der Waals surface area contributed by atoms with Crippen molar-refractivity contribution in [3.05, 3.63) is 47.0 Å². The van der Waals surface area contributed by atoms with Gasteiger partial charge in [0, 0.05) is 47.7 Å². The fraction of sp³-hybridized carbons (Fsp3) is 0.412. The van der Waals surface area contributed by atoms with Crippen molar-refractivity contribution in [2.75, 3.05) is 7.05 Å². The van der Waals surface area contributed by atoms with Crippen molar-refractivity contribution < 1.29 is 0 Å². The van der Waals surface area contributed by atoms with Crippen LogP contribution in [0.3, 0.4) is 0 Å². The van der Waals surface area contributed by atoms with Gasteiger partial charge in [0.05, 0.1) is 0 Å². The van der Waals surface area contributed by atoms with Crippen LogP contribution in [-0.4, -0.2) is 34.0 Å². The highest BCUT2D eigenvalue weighted by Gasteiger charge is 2.44. The molecule has 2 aliphatic rings. The molecule has 0 aromatic carbocycles. The van der Waals surface area contributed by atoms with E-state index < -0.39 is 0 Å².